The number of ether oxygens (including phenoxy) is 2. The molecule has 2 aromatic carbocycles. The average Bonchev–Trinajstić information content (AvgIpc) is 3.26. The van der Waals surface area contributed by atoms with Crippen LogP contribution in [0.1, 0.15) is 11.3 Å². The van der Waals surface area contributed by atoms with Crippen molar-refractivity contribution in [1.82, 2.24) is 13.9 Å². The van der Waals surface area contributed by atoms with Gasteiger partial charge in [-0.3, -0.25) is 0 Å². The van der Waals surface area contributed by atoms with Crippen molar-refractivity contribution in [3.05, 3.63) is 84.7 Å². The molecule has 3 aromatic rings. The fourth-order valence-electron chi connectivity index (χ4n) is 3.52. The molecule has 0 amide bonds. The lowest BCUT2D eigenvalue weighted by Crippen LogP contribution is -2.32. The van der Waals surface area contributed by atoms with Crippen LogP contribution >= 0.6 is 0 Å². The van der Waals surface area contributed by atoms with E-state index in [1.165, 1.54) is 47.5 Å². The molecule has 0 aliphatic carbocycles. The van der Waals surface area contributed by atoms with Crippen LogP contribution in [0.15, 0.2) is 83.5 Å². The topological polar surface area (TPSA) is 108 Å². The van der Waals surface area contributed by atoms with Gasteiger partial charge in [0, 0.05) is 20.2 Å². The van der Waals surface area contributed by atoms with E-state index in [0.717, 1.165) is 0 Å². The van der Waals surface area contributed by atoms with Crippen LogP contribution in [0.2, 0.25) is 0 Å². The molecular weight excluding hydrogens is 490 g/mol. The van der Waals surface area contributed by atoms with E-state index in [9.17, 15) is 16.8 Å². The third kappa shape index (κ3) is 6.37. The second-order valence-electron chi connectivity index (χ2n) is 7.68. The first-order valence-electron chi connectivity index (χ1n) is 10.8. The fourth-order valence-corrected chi connectivity index (χ4v) is 6.42. The summed E-state index contributed by atoms with van der Waals surface area (Å²) < 4.78 is 66.1. The van der Waals surface area contributed by atoms with Crippen LogP contribution in [0.25, 0.3) is 0 Å². The van der Waals surface area contributed by atoms with Crippen molar-refractivity contribution in [3.8, 4) is 5.75 Å². The summed E-state index contributed by atoms with van der Waals surface area (Å²) in [6, 6.07) is 14.9. The Bertz CT molecular complexity index is 1340. The first-order chi connectivity index (χ1) is 16.7. The number of aromatic nitrogens is 2. The predicted molar refractivity (Wildman–Crippen MR) is 132 cm³/mol. The minimum atomic E-state index is -3.91. The van der Waals surface area contributed by atoms with Crippen LogP contribution in [0.3, 0.4) is 0 Å². The second kappa shape index (κ2) is 11.6. The Hall–Kier alpha value is -2.99. The van der Waals surface area contributed by atoms with Gasteiger partial charge in [0.1, 0.15) is 5.75 Å². The Morgan fingerprint density at radius 2 is 1.71 bits per heavy atom. The summed E-state index contributed by atoms with van der Waals surface area (Å²) >= 11 is 0. The molecule has 0 aliphatic rings. The first-order valence-corrected chi connectivity index (χ1v) is 13.9. The van der Waals surface area contributed by atoms with Gasteiger partial charge in [-0.25, -0.2) is 21.8 Å². The van der Waals surface area contributed by atoms with Gasteiger partial charge in [-0.2, -0.15) is 4.31 Å². The van der Waals surface area contributed by atoms with E-state index in [4.69, 9.17) is 9.47 Å². The molecule has 0 unspecified atom stereocenters. The molecule has 0 saturated heterocycles. The normalized spacial score (nSPS) is 12.1. The molecule has 3 rings (SSSR count). The number of benzene rings is 2. The molecule has 35 heavy (non-hydrogen) atoms. The first kappa shape index (κ1) is 26.6. The highest BCUT2D eigenvalue weighted by Crippen LogP contribution is 2.23. The minimum Gasteiger partial charge on any atom is -0.497 e. The maximum Gasteiger partial charge on any atom is 0.243 e. The summed E-state index contributed by atoms with van der Waals surface area (Å²) in [4.78, 5) is 4.27. The van der Waals surface area contributed by atoms with E-state index in [1.807, 2.05) is 6.07 Å². The zero-order valence-corrected chi connectivity index (χ0v) is 21.3. The summed E-state index contributed by atoms with van der Waals surface area (Å²) in [5, 5.41) is -0.131. The molecule has 0 fully saturated rings. The Kier molecular flexibility index (Phi) is 8.84. The van der Waals surface area contributed by atoms with Crippen LogP contribution in [0.5, 0.6) is 5.75 Å². The zero-order chi connectivity index (χ0) is 25.5. The Labute approximate surface area is 206 Å². The Morgan fingerprint density at radius 3 is 2.31 bits per heavy atom. The SMILES string of the molecule is C=CCN(Cc1cnc(S(=O)(=O)Cc2ccccc2)n1CCOC)S(=O)(=O)c1ccc(OC)cc1. The number of methoxy groups -OCH3 is 2. The van der Waals surface area contributed by atoms with Gasteiger partial charge in [-0.15, -0.1) is 6.58 Å². The number of hydrogen-bond acceptors (Lipinski definition) is 7. The molecule has 0 bridgehead atoms. The van der Waals surface area contributed by atoms with Crippen molar-refractivity contribution in [2.45, 2.75) is 28.9 Å². The van der Waals surface area contributed by atoms with E-state index in [1.54, 1.807) is 36.4 Å². The van der Waals surface area contributed by atoms with Crippen LogP contribution in [0, 0.1) is 0 Å². The lowest BCUT2D eigenvalue weighted by Gasteiger charge is -2.22. The standard InChI is InChI=1S/C24H29N3O6S2/c1-4-14-26(35(30,31)23-12-10-22(33-3)11-13-23)18-21-17-25-24(27(21)15-16-32-2)34(28,29)19-20-8-6-5-7-9-20/h4-13,17H,1,14-16,18-19H2,2-3H3. The van der Waals surface area contributed by atoms with Gasteiger partial charge >= 0.3 is 0 Å². The van der Waals surface area contributed by atoms with Gasteiger partial charge in [0.05, 0.1) is 42.8 Å². The fraction of sp³-hybridized carbons (Fsp3) is 0.292. The summed E-state index contributed by atoms with van der Waals surface area (Å²) in [6.45, 7) is 4.02. The molecule has 1 heterocycles. The largest absolute Gasteiger partial charge is 0.497 e. The van der Waals surface area contributed by atoms with Gasteiger partial charge in [0.15, 0.2) is 0 Å². The van der Waals surface area contributed by atoms with Crippen molar-refractivity contribution in [2.24, 2.45) is 0 Å². The molecule has 9 nitrogen and oxygen atoms in total. The van der Waals surface area contributed by atoms with Gasteiger partial charge in [0.25, 0.3) is 0 Å². The monoisotopic (exact) mass is 519 g/mol. The third-order valence-corrected chi connectivity index (χ3v) is 8.69. The summed E-state index contributed by atoms with van der Waals surface area (Å²) in [7, 11) is -4.71. The smallest absolute Gasteiger partial charge is 0.243 e. The van der Waals surface area contributed by atoms with Crippen molar-refractivity contribution in [1.29, 1.82) is 0 Å². The quantitative estimate of drug-likeness (QED) is 0.320. The van der Waals surface area contributed by atoms with Crippen molar-refractivity contribution < 1.29 is 26.3 Å². The van der Waals surface area contributed by atoms with E-state index in [0.29, 0.717) is 17.0 Å². The molecular formula is C24H29N3O6S2. The molecule has 0 atom stereocenters. The van der Waals surface area contributed by atoms with E-state index < -0.39 is 19.9 Å². The van der Waals surface area contributed by atoms with E-state index >= 15 is 0 Å². The molecule has 1 aromatic heterocycles. The number of rotatable bonds is 13. The van der Waals surface area contributed by atoms with E-state index in [2.05, 4.69) is 11.6 Å². The van der Waals surface area contributed by atoms with Gasteiger partial charge in [-0.05, 0) is 29.8 Å². The van der Waals surface area contributed by atoms with Crippen LogP contribution < -0.4 is 4.74 Å². The maximum atomic E-state index is 13.4. The predicted octanol–water partition coefficient (Wildman–Crippen LogP) is 2.89. The second-order valence-corrected chi connectivity index (χ2v) is 11.5. The van der Waals surface area contributed by atoms with Crippen molar-refractivity contribution >= 4 is 19.9 Å². The lowest BCUT2D eigenvalue weighted by atomic mass is 10.2. The summed E-state index contributed by atoms with van der Waals surface area (Å²) in [5.41, 5.74) is 1.05. The van der Waals surface area contributed by atoms with Crippen molar-refractivity contribution in [2.75, 3.05) is 27.4 Å². The number of sulfone groups is 1. The third-order valence-electron chi connectivity index (χ3n) is 5.27. The molecule has 188 valence electrons. The van der Waals surface area contributed by atoms with Crippen LogP contribution in [0.4, 0.5) is 0 Å². The van der Waals surface area contributed by atoms with Gasteiger partial charge in [-0.1, -0.05) is 36.4 Å². The highest BCUT2D eigenvalue weighted by molar-refractivity contribution is 7.90. The number of nitrogens with zero attached hydrogens (tertiary/aromatic N) is 3. The van der Waals surface area contributed by atoms with Crippen molar-refractivity contribution in [3.63, 3.8) is 0 Å². The maximum absolute atomic E-state index is 13.4. The molecule has 0 saturated carbocycles. The Balaban J connectivity index is 1.97. The molecule has 0 N–H and O–H groups in total. The summed E-state index contributed by atoms with van der Waals surface area (Å²) in [6.07, 6.45) is 2.87. The number of imidazole rings is 1. The molecule has 0 spiro atoms. The highest BCUT2D eigenvalue weighted by Gasteiger charge is 2.28. The average molecular weight is 520 g/mol. The summed E-state index contributed by atoms with van der Waals surface area (Å²) in [5.74, 6) is 0.308. The van der Waals surface area contributed by atoms with Crippen LogP contribution in [-0.4, -0.2) is 58.1 Å². The minimum absolute atomic E-state index is 0.0237. The van der Waals surface area contributed by atoms with Crippen LogP contribution in [-0.2, 0) is 43.4 Å². The molecule has 0 radical (unpaired) electrons. The number of sulfonamides is 1. The molecule has 11 heteroatoms. The Morgan fingerprint density at radius 1 is 1.03 bits per heavy atom. The van der Waals surface area contributed by atoms with E-state index in [-0.39, 0.29) is 42.0 Å². The zero-order valence-electron chi connectivity index (χ0n) is 19.7. The van der Waals surface area contributed by atoms with Gasteiger partial charge in [0.2, 0.25) is 25.0 Å². The molecule has 0 aliphatic heterocycles. The number of hydrogen-bond donors (Lipinski definition) is 0. The lowest BCUT2D eigenvalue weighted by molar-refractivity contribution is 0.183. The van der Waals surface area contributed by atoms with Gasteiger partial charge < -0.3 is 14.0 Å². The highest BCUT2D eigenvalue weighted by atomic mass is 32.2.